The second kappa shape index (κ2) is 6.07. The highest BCUT2D eigenvalue weighted by Gasteiger charge is 2.34. The standard InChI is InChI=1S/C13H22N4O2S/c1-3-11-10-16(2)8-5-9-17(11)20(18,19)12-6-4-7-15-13(12)14/h4,6-7,11H,3,5,8-10H2,1-2H3,(H2,14,15). The molecule has 0 aliphatic carbocycles. The first-order chi connectivity index (χ1) is 9.46. The van der Waals surface area contributed by atoms with Crippen molar-refractivity contribution in [1.29, 1.82) is 0 Å². The molecule has 0 aromatic carbocycles. The Bertz CT molecular complexity index is 561. The lowest BCUT2D eigenvalue weighted by atomic mass is 10.2. The summed E-state index contributed by atoms with van der Waals surface area (Å²) in [5.41, 5.74) is 5.74. The van der Waals surface area contributed by atoms with Gasteiger partial charge in [0.05, 0.1) is 0 Å². The molecule has 2 heterocycles. The number of rotatable bonds is 3. The van der Waals surface area contributed by atoms with Crippen molar-refractivity contribution in [2.24, 2.45) is 0 Å². The molecule has 1 saturated heterocycles. The second-order valence-electron chi connectivity index (χ2n) is 5.18. The Balaban J connectivity index is 2.39. The minimum Gasteiger partial charge on any atom is -0.383 e. The van der Waals surface area contributed by atoms with Gasteiger partial charge in [-0.25, -0.2) is 13.4 Å². The first kappa shape index (κ1) is 15.2. The molecular formula is C13H22N4O2S. The van der Waals surface area contributed by atoms with Crippen molar-refractivity contribution < 1.29 is 8.42 Å². The van der Waals surface area contributed by atoms with Crippen molar-refractivity contribution >= 4 is 15.8 Å². The number of nitrogens with two attached hydrogens (primary N) is 1. The van der Waals surface area contributed by atoms with Gasteiger partial charge in [-0.15, -0.1) is 0 Å². The summed E-state index contributed by atoms with van der Waals surface area (Å²) in [5.74, 6) is 0.0694. The molecule has 1 atom stereocenters. The highest BCUT2D eigenvalue weighted by molar-refractivity contribution is 7.89. The molecule has 0 saturated carbocycles. The summed E-state index contributed by atoms with van der Waals surface area (Å²) in [7, 11) is -1.56. The molecule has 2 rings (SSSR count). The SMILES string of the molecule is CCC1CN(C)CCCN1S(=O)(=O)c1cccnc1N. The van der Waals surface area contributed by atoms with Crippen LogP contribution < -0.4 is 5.73 Å². The van der Waals surface area contributed by atoms with Crippen molar-refractivity contribution in [3.63, 3.8) is 0 Å². The van der Waals surface area contributed by atoms with Gasteiger partial charge in [-0.2, -0.15) is 4.31 Å². The Morgan fingerprint density at radius 2 is 2.20 bits per heavy atom. The van der Waals surface area contributed by atoms with Crippen molar-refractivity contribution in [1.82, 2.24) is 14.2 Å². The number of pyridine rings is 1. The van der Waals surface area contributed by atoms with E-state index >= 15 is 0 Å². The first-order valence-corrected chi connectivity index (χ1v) is 8.31. The van der Waals surface area contributed by atoms with Gasteiger partial charge in [0.1, 0.15) is 10.7 Å². The summed E-state index contributed by atoms with van der Waals surface area (Å²) in [5, 5.41) is 0. The highest BCUT2D eigenvalue weighted by Crippen LogP contribution is 2.25. The maximum Gasteiger partial charge on any atom is 0.247 e. The highest BCUT2D eigenvalue weighted by atomic mass is 32.2. The van der Waals surface area contributed by atoms with Gasteiger partial charge in [-0.05, 0) is 38.6 Å². The van der Waals surface area contributed by atoms with Gasteiger partial charge in [0, 0.05) is 25.3 Å². The fourth-order valence-corrected chi connectivity index (χ4v) is 4.42. The van der Waals surface area contributed by atoms with E-state index in [0.717, 1.165) is 25.9 Å². The molecule has 0 bridgehead atoms. The molecule has 7 heteroatoms. The van der Waals surface area contributed by atoms with Crippen LogP contribution in [0.15, 0.2) is 23.2 Å². The van der Waals surface area contributed by atoms with E-state index in [1.807, 2.05) is 14.0 Å². The molecule has 2 N–H and O–H groups in total. The molecule has 1 fully saturated rings. The van der Waals surface area contributed by atoms with E-state index < -0.39 is 10.0 Å². The van der Waals surface area contributed by atoms with Crippen molar-refractivity contribution in [2.75, 3.05) is 32.4 Å². The van der Waals surface area contributed by atoms with Crippen LogP contribution in [0.3, 0.4) is 0 Å². The van der Waals surface area contributed by atoms with Crippen LogP contribution in [0.5, 0.6) is 0 Å². The van der Waals surface area contributed by atoms with E-state index in [1.165, 1.54) is 12.3 Å². The third-order valence-corrected chi connectivity index (χ3v) is 5.70. The number of likely N-dealkylation sites (N-methyl/N-ethyl adjacent to an activating group) is 1. The Kier molecular flexibility index (Phi) is 4.62. The molecule has 1 aliphatic heterocycles. The van der Waals surface area contributed by atoms with Gasteiger partial charge >= 0.3 is 0 Å². The number of nitrogens with zero attached hydrogens (tertiary/aromatic N) is 3. The van der Waals surface area contributed by atoms with E-state index in [9.17, 15) is 8.42 Å². The minimum atomic E-state index is -3.58. The lowest BCUT2D eigenvalue weighted by Crippen LogP contribution is -2.43. The summed E-state index contributed by atoms with van der Waals surface area (Å²) < 4.78 is 27.2. The van der Waals surface area contributed by atoms with Gasteiger partial charge in [0.2, 0.25) is 10.0 Å². The Labute approximate surface area is 120 Å². The molecule has 0 spiro atoms. The van der Waals surface area contributed by atoms with Crippen LogP contribution in [-0.4, -0.2) is 55.3 Å². The van der Waals surface area contributed by atoms with E-state index in [4.69, 9.17) is 5.73 Å². The molecule has 6 nitrogen and oxygen atoms in total. The van der Waals surface area contributed by atoms with Crippen molar-refractivity contribution in [2.45, 2.75) is 30.7 Å². The van der Waals surface area contributed by atoms with Crippen LogP contribution in [0.1, 0.15) is 19.8 Å². The number of aromatic nitrogens is 1. The molecule has 0 radical (unpaired) electrons. The molecule has 1 aromatic rings. The van der Waals surface area contributed by atoms with E-state index in [2.05, 4.69) is 9.88 Å². The van der Waals surface area contributed by atoms with Gasteiger partial charge in [0.15, 0.2) is 0 Å². The normalized spacial score (nSPS) is 22.6. The molecule has 1 unspecified atom stereocenters. The van der Waals surface area contributed by atoms with E-state index in [0.29, 0.717) is 6.54 Å². The van der Waals surface area contributed by atoms with Gasteiger partial charge < -0.3 is 10.6 Å². The maximum absolute atomic E-state index is 12.8. The van der Waals surface area contributed by atoms with Crippen LogP contribution in [0.2, 0.25) is 0 Å². The monoisotopic (exact) mass is 298 g/mol. The minimum absolute atomic E-state index is 0.0212. The third-order valence-electron chi connectivity index (χ3n) is 3.71. The molecule has 0 amide bonds. The van der Waals surface area contributed by atoms with Crippen LogP contribution in [0, 0.1) is 0 Å². The zero-order valence-electron chi connectivity index (χ0n) is 12.0. The molecule has 20 heavy (non-hydrogen) atoms. The summed E-state index contributed by atoms with van der Waals surface area (Å²) in [6, 6.07) is 3.11. The Hall–Kier alpha value is -1.18. The van der Waals surface area contributed by atoms with E-state index in [1.54, 1.807) is 10.4 Å². The third kappa shape index (κ3) is 2.94. The maximum atomic E-state index is 12.8. The topological polar surface area (TPSA) is 79.5 Å². The smallest absolute Gasteiger partial charge is 0.247 e. The van der Waals surface area contributed by atoms with Crippen LogP contribution >= 0.6 is 0 Å². The number of anilines is 1. The van der Waals surface area contributed by atoms with Crippen molar-refractivity contribution in [3.8, 4) is 0 Å². The summed E-state index contributed by atoms with van der Waals surface area (Å²) in [6.07, 6.45) is 3.11. The predicted molar refractivity (Wildman–Crippen MR) is 78.7 cm³/mol. The zero-order valence-corrected chi connectivity index (χ0v) is 12.8. The fraction of sp³-hybridized carbons (Fsp3) is 0.615. The lowest BCUT2D eigenvalue weighted by molar-refractivity contribution is 0.270. The van der Waals surface area contributed by atoms with Gasteiger partial charge in [0.25, 0.3) is 0 Å². The number of hydrogen-bond donors (Lipinski definition) is 1. The van der Waals surface area contributed by atoms with Crippen molar-refractivity contribution in [3.05, 3.63) is 18.3 Å². The number of sulfonamides is 1. The average Bonchev–Trinajstić information content (AvgIpc) is 2.60. The molecule has 112 valence electrons. The summed E-state index contributed by atoms with van der Waals surface area (Å²) in [6.45, 7) is 4.19. The zero-order chi connectivity index (χ0) is 14.8. The van der Waals surface area contributed by atoms with Gasteiger partial charge in [-0.1, -0.05) is 6.92 Å². The fourth-order valence-electron chi connectivity index (χ4n) is 2.62. The van der Waals surface area contributed by atoms with Crippen LogP contribution in [0.25, 0.3) is 0 Å². The average molecular weight is 298 g/mol. The molecule has 1 aromatic heterocycles. The molecule has 1 aliphatic rings. The van der Waals surface area contributed by atoms with E-state index in [-0.39, 0.29) is 16.8 Å². The Morgan fingerprint density at radius 3 is 2.85 bits per heavy atom. The first-order valence-electron chi connectivity index (χ1n) is 6.87. The van der Waals surface area contributed by atoms with Crippen LogP contribution in [0.4, 0.5) is 5.82 Å². The van der Waals surface area contributed by atoms with Gasteiger partial charge in [-0.3, -0.25) is 0 Å². The summed E-state index contributed by atoms with van der Waals surface area (Å²) >= 11 is 0. The largest absolute Gasteiger partial charge is 0.383 e. The molecular weight excluding hydrogens is 276 g/mol. The lowest BCUT2D eigenvalue weighted by Gasteiger charge is -2.29. The second-order valence-corrected chi connectivity index (χ2v) is 7.04. The summed E-state index contributed by atoms with van der Waals surface area (Å²) in [4.78, 5) is 6.18. The Morgan fingerprint density at radius 1 is 1.45 bits per heavy atom. The number of nitrogen functional groups attached to an aromatic ring is 1. The van der Waals surface area contributed by atoms with Crippen LogP contribution in [-0.2, 0) is 10.0 Å². The number of hydrogen-bond acceptors (Lipinski definition) is 5. The quantitative estimate of drug-likeness (QED) is 0.891. The predicted octanol–water partition coefficient (Wildman–Crippen LogP) is 0.769.